The SMILES string of the molecule is CC(Cc1c(Cl)[c]ccc1Cl)CN(C)C. The molecule has 0 saturated heterocycles. The van der Waals surface area contributed by atoms with Crippen LogP contribution in [-0.4, -0.2) is 25.5 Å². The van der Waals surface area contributed by atoms with E-state index in [1.165, 1.54) is 0 Å². The van der Waals surface area contributed by atoms with Crippen LogP contribution in [0.2, 0.25) is 10.0 Å². The van der Waals surface area contributed by atoms with Crippen LogP contribution in [-0.2, 0) is 6.42 Å². The third kappa shape index (κ3) is 4.02. The molecule has 0 saturated carbocycles. The molecule has 3 heteroatoms. The Bertz CT molecular complexity index is 303. The Hall–Kier alpha value is -0.240. The summed E-state index contributed by atoms with van der Waals surface area (Å²) in [6.07, 6.45) is 0.896. The molecule has 1 radical (unpaired) electrons. The van der Waals surface area contributed by atoms with Crippen molar-refractivity contribution in [3.8, 4) is 0 Å². The summed E-state index contributed by atoms with van der Waals surface area (Å²) >= 11 is 12.1. The summed E-state index contributed by atoms with van der Waals surface area (Å²) in [5.74, 6) is 0.533. The third-order valence-electron chi connectivity index (χ3n) is 2.22. The minimum absolute atomic E-state index is 0.533. The third-order valence-corrected chi connectivity index (χ3v) is 2.91. The Balaban J connectivity index is 2.71. The standard InChI is InChI=1S/C12H16Cl2N/c1-9(8-15(2)3)7-10-11(13)5-4-6-12(10)14/h4-5,9H,7-8H2,1-3H3. The van der Waals surface area contributed by atoms with Gasteiger partial charge in [0.2, 0.25) is 0 Å². The molecule has 15 heavy (non-hydrogen) atoms. The molecule has 0 aliphatic rings. The first-order valence-corrected chi connectivity index (χ1v) is 5.75. The lowest BCUT2D eigenvalue weighted by molar-refractivity contribution is 0.338. The summed E-state index contributed by atoms with van der Waals surface area (Å²) in [5.41, 5.74) is 1.01. The summed E-state index contributed by atoms with van der Waals surface area (Å²) in [5, 5.41) is 1.39. The van der Waals surface area contributed by atoms with Gasteiger partial charge in [-0.05, 0) is 38.1 Å². The van der Waals surface area contributed by atoms with Crippen molar-refractivity contribution >= 4 is 23.2 Å². The number of rotatable bonds is 4. The van der Waals surface area contributed by atoms with Gasteiger partial charge in [-0.1, -0.05) is 36.2 Å². The fraction of sp³-hybridized carbons (Fsp3) is 0.500. The van der Waals surface area contributed by atoms with Crippen LogP contribution in [0, 0.1) is 12.0 Å². The van der Waals surface area contributed by atoms with Crippen LogP contribution in [0.1, 0.15) is 12.5 Å². The molecule has 1 nitrogen and oxygen atoms in total. The van der Waals surface area contributed by atoms with E-state index >= 15 is 0 Å². The summed E-state index contributed by atoms with van der Waals surface area (Å²) in [4.78, 5) is 2.17. The lowest BCUT2D eigenvalue weighted by Crippen LogP contribution is -2.21. The van der Waals surface area contributed by atoms with Crippen molar-refractivity contribution in [3.63, 3.8) is 0 Å². The topological polar surface area (TPSA) is 3.24 Å². The van der Waals surface area contributed by atoms with E-state index < -0.39 is 0 Å². The monoisotopic (exact) mass is 244 g/mol. The minimum Gasteiger partial charge on any atom is -0.309 e. The smallest absolute Gasteiger partial charge is 0.0531 e. The molecule has 0 amide bonds. The Morgan fingerprint density at radius 3 is 2.60 bits per heavy atom. The van der Waals surface area contributed by atoms with Gasteiger partial charge < -0.3 is 4.90 Å². The molecular formula is C12H16Cl2N. The first-order chi connectivity index (χ1) is 7.00. The maximum atomic E-state index is 6.09. The Morgan fingerprint density at radius 1 is 1.40 bits per heavy atom. The van der Waals surface area contributed by atoms with E-state index in [2.05, 4.69) is 32.0 Å². The van der Waals surface area contributed by atoms with Crippen molar-refractivity contribution < 1.29 is 0 Å². The molecule has 0 aliphatic carbocycles. The van der Waals surface area contributed by atoms with E-state index in [0.29, 0.717) is 10.9 Å². The highest BCUT2D eigenvalue weighted by Crippen LogP contribution is 2.26. The van der Waals surface area contributed by atoms with E-state index in [0.717, 1.165) is 23.6 Å². The molecule has 0 aliphatic heterocycles. The average Bonchev–Trinajstić information content (AvgIpc) is 2.10. The van der Waals surface area contributed by atoms with Gasteiger partial charge in [-0.25, -0.2) is 0 Å². The van der Waals surface area contributed by atoms with Crippen molar-refractivity contribution in [2.75, 3.05) is 20.6 Å². The van der Waals surface area contributed by atoms with Crippen LogP contribution in [0.5, 0.6) is 0 Å². The molecular weight excluding hydrogens is 229 g/mol. The maximum absolute atomic E-state index is 6.09. The van der Waals surface area contributed by atoms with E-state index in [9.17, 15) is 0 Å². The molecule has 83 valence electrons. The van der Waals surface area contributed by atoms with E-state index in [1.54, 1.807) is 6.07 Å². The maximum Gasteiger partial charge on any atom is 0.0531 e. The Labute approximate surface area is 102 Å². The number of benzene rings is 1. The largest absolute Gasteiger partial charge is 0.309 e. The fourth-order valence-electron chi connectivity index (χ4n) is 1.70. The second kappa shape index (κ2) is 5.74. The molecule has 1 rings (SSSR count). The highest BCUT2D eigenvalue weighted by atomic mass is 35.5. The quantitative estimate of drug-likeness (QED) is 0.784. The van der Waals surface area contributed by atoms with E-state index in [4.69, 9.17) is 23.2 Å². The van der Waals surface area contributed by atoms with Crippen LogP contribution >= 0.6 is 23.2 Å². The Kier molecular flexibility index (Phi) is 4.91. The van der Waals surface area contributed by atoms with Gasteiger partial charge in [0.15, 0.2) is 0 Å². The van der Waals surface area contributed by atoms with E-state index in [1.807, 2.05) is 6.07 Å². The highest BCUT2D eigenvalue weighted by Gasteiger charge is 2.11. The summed E-state index contributed by atoms with van der Waals surface area (Å²) in [7, 11) is 4.13. The zero-order valence-electron chi connectivity index (χ0n) is 9.35. The van der Waals surface area contributed by atoms with Gasteiger partial charge in [-0.15, -0.1) is 0 Å². The summed E-state index contributed by atoms with van der Waals surface area (Å²) in [6.45, 7) is 3.22. The van der Waals surface area contributed by atoms with Crippen LogP contribution in [0.4, 0.5) is 0 Å². The lowest BCUT2D eigenvalue weighted by Gasteiger charge is -2.17. The molecule has 0 spiro atoms. The van der Waals surface area contributed by atoms with Crippen molar-refractivity contribution in [2.24, 2.45) is 5.92 Å². The lowest BCUT2D eigenvalue weighted by atomic mass is 10.0. The molecule has 0 bridgehead atoms. The van der Waals surface area contributed by atoms with Crippen LogP contribution in [0.3, 0.4) is 0 Å². The fourth-order valence-corrected chi connectivity index (χ4v) is 2.23. The van der Waals surface area contributed by atoms with Crippen LogP contribution in [0.25, 0.3) is 0 Å². The number of halogens is 2. The van der Waals surface area contributed by atoms with Crippen molar-refractivity contribution in [1.29, 1.82) is 0 Å². The number of hydrogen-bond acceptors (Lipinski definition) is 1. The van der Waals surface area contributed by atoms with E-state index in [-0.39, 0.29) is 0 Å². The summed E-state index contributed by atoms with van der Waals surface area (Å²) < 4.78 is 0. The molecule has 1 atom stereocenters. The van der Waals surface area contributed by atoms with Gasteiger partial charge in [0.1, 0.15) is 0 Å². The highest BCUT2D eigenvalue weighted by molar-refractivity contribution is 6.35. The van der Waals surface area contributed by atoms with Crippen molar-refractivity contribution in [2.45, 2.75) is 13.3 Å². The molecule has 1 aromatic rings. The minimum atomic E-state index is 0.533. The molecule has 1 unspecified atom stereocenters. The number of nitrogens with zero attached hydrogens (tertiary/aromatic N) is 1. The zero-order valence-corrected chi connectivity index (χ0v) is 10.9. The molecule has 1 aromatic carbocycles. The van der Waals surface area contributed by atoms with Gasteiger partial charge in [0.25, 0.3) is 0 Å². The van der Waals surface area contributed by atoms with Gasteiger partial charge in [0.05, 0.1) is 5.02 Å². The Morgan fingerprint density at radius 2 is 2.07 bits per heavy atom. The first kappa shape index (κ1) is 12.8. The average molecular weight is 245 g/mol. The molecule has 0 aromatic heterocycles. The predicted octanol–water partition coefficient (Wildman–Crippen LogP) is 3.53. The molecule has 0 heterocycles. The van der Waals surface area contributed by atoms with Crippen LogP contribution < -0.4 is 0 Å². The van der Waals surface area contributed by atoms with Gasteiger partial charge in [-0.2, -0.15) is 0 Å². The normalized spacial score (nSPS) is 13.2. The second-order valence-corrected chi connectivity index (χ2v) is 4.97. The van der Waals surface area contributed by atoms with Gasteiger partial charge >= 0.3 is 0 Å². The van der Waals surface area contributed by atoms with Crippen molar-refractivity contribution in [3.05, 3.63) is 33.8 Å². The van der Waals surface area contributed by atoms with Gasteiger partial charge in [-0.3, -0.25) is 0 Å². The number of hydrogen-bond donors (Lipinski definition) is 0. The zero-order chi connectivity index (χ0) is 11.4. The first-order valence-electron chi connectivity index (χ1n) is 5.00. The second-order valence-electron chi connectivity index (χ2n) is 4.19. The summed E-state index contributed by atoms with van der Waals surface area (Å²) in [6, 6.07) is 6.56. The van der Waals surface area contributed by atoms with Crippen LogP contribution in [0.15, 0.2) is 12.1 Å². The predicted molar refractivity (Wildman–Crippen MR) is 66.7 cm³/mol. The van der Waals surface area contributed by atoms with Gasteiger partial charge in [0, 0.05) is 17.6 Å². The molecule has 0 N–H and O–H groups in total. The van der Waals surface area contributed by atoms with Crippen molar-refractivity contribution in [1.82, 2.24) is 4.90 Å². The molecule has 0 fully saturated rings.